The van der Waals surface area contributed by atoms with Crippen molar-refractivity contribution in [2.45, 2.75) is 26.2 Å². The molecule has 0 aliphatic heterocycles. The van der Waals surface area contributed by atoms with Crippen LogP contribution in [0.3, 0.4) is 0 Å². The Bertz CT molecular complexity index is 666. The summed E-state index contributed by atoms with van der Waals surface area (Å²) in [6, 6.07) is 6.44. The molecule has 0 spiro atoms. The third-order valence-corrected chi connectivity index (χ3v) is 3.87. The first-order valence-corrected chi connectivity index (χ1v) is 6.60. The third-order valence-electron chi connectivity index (χ3n) is 3.87. The van der Waals surface area contributed by atoms with Gasteiger partial charge in [-0.25, -0.2) is 4.57 Å². The summed E-state index contributed by atoms with van der Waals surface area (Å²) < 4.78 is 2.79. The zero-order chi connectivity index (χ0) is 15.7. The number of aromatic nitrogens is 2. The summed E-state index contributed by atoms with van der Waals surface area (Å²) in [6.45, 7) is 3.62. The number of hydrogen-bond acceptors (Lipinski definition) is 3. The van der Waals surface area contributed by atoms with E-state index in [-0.39, 0.29) is 12.2 Å². The predicted molar refractivity (Wildman–Crippen MR) is 74.5 cm³/mol. The van der Waals surface area contributed by atoms with Gasteiger partial charge in [0.25, 0.3) is 0 Å². The number of aliphatic carboxylic acids is 1. The Hall–Kier alpha value is -2.50. The maximum Gasteiger partial charge on any atom is 0.304 e. The molecule has 21 heavy (non-hydrogen) atoms. The minimum Gasteiger partial charge on any atom is -0.508 e. The van der Waals surface area contributed by atoms with E-state index in [1.165, 1.54) is 12.1 Å². The fraction of sp³-hybridized carbons (Fsp3) is 0.333. The van der Waals surface area contributed by atoms with Crippen molar-refractivity contribution in [3.05, 3.63) is 47.0 Å². The maximum absolute atomic E-state index is 11.2. The third kappa shape index (κ3) is 2.69. The number of phenols is 1. The van der Waals surface area contributed by atoms with Crippen LogP contribution in [0.2, 0.25) is 0 Å². The molecule has 1 atom stereocenters. The molecule has 6 nitrogen and oxygen atoms in total. The number of hydrogen-bond donors (Lipinski definition) is 3. The van der Waals surface area contributed by atoms with Crippen molar-refractivity contribution < 1.29 is 24.8 Å². The molecular formula is C15H19N2O4+. The van der Waals surface area contributed by atoms with E-state index in [4.69, 9.17) is 0 Å². The SMILES string of the molecule is Cc1c(C)[n+](C)c([C@@H](CC(=O)O)c2cccc(O)c2)n1O. The minimum absolute atomic E-state index is 0.0648. The van der Waals surface area contributed by atoms with Crippen LogP contribution in [0.1, 0.15) is 35.1 Å². The average molecular weight is 291 g/mol. The smallest absolute Gasteiger partial charge is 0.304 e. The molecule has 1 aromatic carbocycles. The van der Waals surface area contributed by atoms with Gasteiger partial charge >= 0.3 is 11.8 Å². The highest BCUT2D eigenvalue weighted by Gasteiger charge is 2.34. The molecule has 0 unspecified atom stereocenters. The number of carboxylic acids is 1. The molecule has 0 aliphatic carbocycles. The van der Waals surface area contributed by atoms with Crippen LogP contribution in [0.5, 0.6) is 5.75 Å². The van der Waals surface area contributed by atoms with Gasteiger partial charge in [-0.3, -0.25) is 4.79 Å². The predicted octanol–water partition coefficient (Wildman–Crippen LogP) is 1.48. The van der Waals surface area contributed by atoms with Crippen LogP contribution in [0, 0.1) is 13.8 Å². The molecule has 0 bridgehead atoms. The van der Waals surface area contributed by atoms with Crippen LogP contribution in [0.15, 0.2) is 24.3 Å². The molecule has 2 rings (SSSR count). The molecule has 6 heteroatoms. The first-order chi connectivity index (χ1) is 9.82. The molecule has 2 aromatic rings. The standard InChI is InChI=1S/C15H18N2O4/c1-9-10(2)17(21)15(16(9)3)13(8-14(19)20)11-5-4-6-12(18)7-11/h4-7,13H,8H2,1-3H3,(H2-,18,19,20,21)/p+1/t13-/m0/s1. The van der Waals surface area contributed by atoms with Crippen molar-refractivity contribution in [2.24, 2.45) is 7.05 Å². The molecular weight excluding hydrogens is 272 g/mol. The Morgan fingerprint density at radius 3 is 2.52 bits per heavy atom. The van der Waals surface area contributed by atoms with E-state index in [0.29, 0.717) is 17.1 Å². The highest BCUT2D eigenvalue weighted by Crippen LogP contribution is 2.29. The fourth-order valence-corrected chi connectivity index (χ4v) is 2.54. The van der Waals surface area contributed by atoms with Crippen LogP contribution in [-0.2, 0) is 11.8 Å². The molecule has 0 amide bonds. The molecule has 0 aliphatic rings. The monoisotopic (exact) mass is 291 g/mol. The average Bonchev–Trinajstić information content (AvgIpc) is 2.61. The van der Waals surface area contributed by atoms with E-state index in [9.17, 15) is 20.2 Å². The largest absolute Gasteiger partial charge is 0.508 e. The topological polar surface area (TPSA) is 86.6 Å². The summed E-state index contributed by atoms with van der Waals surface area (Å²) in [4.78, 5) is 11.2. The number of rotatable bonds is 4. The van der Waals surface area contributed by atoms with Crippen molar-refractivity contribution in [3.8, 4) is 5.75 Å². The van der Waals surface area contributed by atoms with E-state index >= 15 is 0 Å². The first kappa shape index (κ1) is 14.9. The van der Waals surface area contributed by atoms with Gasteiger partial charge in [0.1, 0.15) is 11.4 Å². The van der Waals surface area contributed by atoms with Gasteiger partial charge in [-0.05, 0) is 22.4 Å². The molecule has 112 valence electrons. The van der Waals surface area contributed by atoms with Crippen LogP contribution in [-0.4, -0.2) is 26.1 Å². The van der Waals surface area contributed by atoms with Crippen molar-refractivity contribution >= 4 is 5.97 Å². The number of imidazole rings is 1. The number of benzene rings is 1. The summed E-state index contributed by atoms with van der Waals surface area (Å²) in [6.07, 6.45) is -0.180. The van der Waals surface area contributed by atoms with Gasteiger partial charge < -0.3 is 15.4 Å². The Kier molecular flexibility index (Phi) is 3.88. The van der Waals surface area contributed by atoms with Crippen LogP contribution in [0.4, 0.5) is 0 Å². The maximum atomic E-state index is 11.2. The number of nitrogens with zero attached hydrogens (tertiary/aromatic N) is 2. The highest BCUT2D eigenvalue weighted by atomic mass is 16.5. The lowest BCUT2D eigenvalue weighted by Gasteiger charge is -2.12. The van der Waals surface area contributed by atoms with E-state index in [0.717, 1.165) is 10.4 Å². The van der Waals surface area contributed by atoms with Crippen molar-refractivity contribution in [2.75, 3.05) is 0 Å². The second-order valence-corrected chi connectivity index (χ2v) is 5.15. The summed E-state index contributed by atoms with van der Waals surface area (Å²) in [5.74, 6) is -0.995. The zero-order valence-corrected chi connectivity index (χ0v) is 12.2. The summed E-state index contributed by atoms with van der Waals surface area (Å²) >= 11 is 0. The summed E-state index contributed by atoms with van der Waals surface area (Å²) in [5, 5.41) is 29.0. The Balaban J connectivity index is 2.62. The van der Waals surface area contributed by atoms with Gasteiger partial charge in [-0.2, -0.15) is 0 Å². The Morgan fingerprint density at radius 2 is 2.05 bits per heavy atom. The molecule has 1 heterocycles. The van der Waals surface area contributed by atoms with Gasteiger partial charge in [-0.1, -0.05) is 12.1 Å². The van der Waals surface area contributed by atoms with Gasteiger partial charge in [0.2, 0.25) is 0 Å². The minimum atomic E-state index is -0.972. The Labute approximate surface area is 122 Å². The Morgan fingerprint density at radius 1 is 1.38 bits per heavy atom. The molecule has 1 aromatic heterocycles. The van der Waals surface area contributed by atoms with Crippen molar-refractivity contribution in [3.63, 3.8) is 0 Å². The summed E-state index contributed by atoms with van der Waals surface area (Å²) in [7, 11) is 1.78. The van der Waals surface area contributed by atoms with Crippen molar-refractivity contribution in [1.29, 1.82) is 0 Å². The number of carbonyl (C=O) groups is 1. The number of carboxylic acid groups (broad SMARTS) is 1. The van der Waals surface area contributed by atoms with E-state index in [1.54, 1.807) is 30.7 Å². The van der Waals surface area contributed by atoms with E-state index in [2.05, 4.69) is 0 Å². The molecule has 0 fully saturated rings. The quantitative estimate of drug-likeness (QED) is 0.588. The van der Waals surface area contributed by atoms with Crippen LogP contribution < -0.4 is 4.57 Å². The van der Waals surface area contributed by atoms with Gasteiger partial charge in [-0.15, -0.1) is 0 Å². The lowest BCUT2D eigenvalue weighted by Crippen LogP contribution is -2.37. The van der Waals surface area contributed by atoms with E-state index in [1.807, 2.05) is 6.92 Å². The van der Waals surface area contributed by atoms with Gasteiger partial charge in [0.05, 0.1) is 19.4 Å². The fourth-order valence-electron chi connectivity index (χ4n) is 2.54. The first-order valence-electron chi connectivity index (χ1n) is 6.60. The lowest BCUT2D eigenvalue weighted by molar-refractivity contribution is -0.686. The zero-order valence-electron chi connectivity index (χ0n) is 12.2. The number of aromatic hydroxyl groups is 1. The van der Waals surface area contributed by atoms with Crippen molar-refractivity contribution in [1.82, 2.24) is 4.73 Å². The van der Waals surface area contributed by atoms with Gasteiger partial charge in [0.15, 0.2) is 5.69 Å². The lowest BCUT2D eigenvalue weighted by atomic mass is 9.94. The summed E-state index contributed by atoms with van der Waals surface area (Å²) in [5.41, 5.74) is 2.15. The van der Waals surface area contributed by atoms with Gasteiger partial charge in [0, 0.05) is 13.8 Å². The number of phenolic OH excluding ortho intramolecular Hbond substituents is 1. The molecule has 0 saturated heterocycles. The highest BCUT2D eigenvalue weighted by molar-refractivity contribution is 5.68. The normalized spacial score (nSPS) is 12.3. The molecule has 0 saturated carbocycles. The second-order valence-electron chi connectivity index (χ2n) is 5.15. The van der Waals surface area contributed by atoms with Crippen LogP contribution in [0.25, 0.3) is 0 Å². The van der Waals surface area contributed by atoms with E-state index < -0.39 is 11.9 Å². The van der Waals surface area contributed by atoms with Crippen LogP contribution >= 0.6 is 0 Å². The molecule has 3 N–H and O–H groups in total. The second kappa shape index (κ2) is 5.47. The molecule has 0 radical (unpaired) electrons.